The topological polar surface area (TPSA) is 102 Å². The molecule has 2 atom stereocenters. The van der Waals surface area contributed by atoms with E-state index in [4.69, 9.17) is 26.4 Å². The molecule has 1 aromatic carbocycles. The molecule has 5 nitrogen and oxygen atoms in total. The Labute approximate surface area is 114 Å². The van der Waals surface area contributed by atoms with Gasteiger partial charge in [0.25, 0.3) is 0 Å². The van der Waals surface area contributed by atoms with E-state index >= 15 is 0 Å². The fourth-order valence-corrected chi connectivity index (χ4v) is 1.68. The summed E-state index contributed by atoms with van der Waals surface area (Å²) in [4.78, 5) is 0. The lowest BCUT2D eigenvalue weighted by Gasteiger charge is -2.11. The van der Waals surface area contributed by atoms with Gasteiger partial charge in [-0.05, 0) is 37.0 Å². The Balaban J connectivity index is 2.31. The molecule has 0 aliphatic rings. The van der Waals surface area contributed by atoms with E-state index in [1.807, 2.05) is 24.3 Å². The average Bonchev–Trinajstić information content (AvgIpc) is 2.45. The summed E-state index contributed by atoms with van der Waals surface area (Å²) in [5, 5.41) is 17.8. The molecule has 0 heterocycles. The maximum absolute atomic E-state index is 9.17. The molecule has 0 saturated heterocycles. The minimum absolute atomic E-state index is 0.0857. The third kappa shape index (κ3) is 6.54. The number of rotatable bonds is 9. The number of hydrogen-bond acceptors (Lipinski definition) is 5. The van der Waals surface area contributed by atoms with Gasteiger partial charge >= 0.3 is 0 Å². The molecule has 5 heteroatoms. The highest BCUT2D eigenvalue weighted by molar-refractivity contribution is 5.27. The molecule has 0 spiro atoms. The summed E-state index contributed by atoms with van der Waals surface area (Å²) >= 11 is 0. The zero-order valence-corrected chi connectivity index (χ0v) is 11.2. The summed E-state index contributed by atoms with van der Waals surface area (Å²) in [5.41, 5.74) is 12.4. The highest BCUT2D eigenvalue weighted by atomic mass is 16.5. The van der Waals surface area contributed by atoms with Crippen LogP contribution in [-0.4, -0.2) is 42.1 Å². The molecule has 0 radical (unpaired) electrons. The number of hydrogen-bond donors (Lipinski definition) is 4. The van der Waals surface area contributed by atoms with Crippen molar-refractivity contribution < 1.29 is 14.9 Å². The van der Waals surface area contributed by atoms with Crippen molar-refractivity contribution >= 4 is 0 Å². The molecule has 0 aromatic heterocycles. The summed E-state index contributed by atoms with van der Waals surface area (Å²) in [6, 6.07) is 7.80. The normalized spacial score (nSPS) is 14.1. The van der Waals surface area contributed by atoms with Gasteiger partial charge in [-0.2, -0.15) is 0 Å². The van der Waals surface area contributed by atoms with Crippen molar-refractivity contribution in [3.8, 4) is 5.75 Å². The first kappa shape index (κ1) is 15.9. The maximum Gasteiger partial charge on any atom is 0.119 e. The van der Waals surface area contributed by atoms with Gasteiger partial charge in [0.2, 0.25) is 0 Å². The molecule has 19 heavy (non-hydrogen) atoms. The van der Waals surface area contributed by atoms with Gasteiger partial charge in [-0.15, -0.1) is 0 Å². The number of ether oxygens (including phenoxy) is 1. The van der Waals surface area contributed by atoms with Gasteiger partial charge in [-0.1, -0.05) is 12.1 Å². The van der Waals surface area contributed by atoms with E-state index in [-0.39, 0.29) is 19.3 Å². The standard InChI is InChI=1S/C14H24N2O3/c15-8-12(16)3-1-2-11-4-6-14(7-5-11)19-10-13(18)9-17/h4-7,12-13,17-18H,1-3,8-10,15-16H2/t12-,13+/m0/s1. The zero-order valence-electron chi connectivity index (χ0n) is 11.2. The van der Waals surface area contributed by atoms with Gasteiger partial charge in [-0.3, -0.25) is 0 Å². The molecule has 0 bridgehead atoms. The van der Waals surface area contributed by atoms with Crippen LogP contribution in [0.2, 0.25) is 0 Å². The molecule has 108 valence electrons. The summed E-state index contributed by atoms with van der Waals surface area (Å²) < 4.78 is 5.33. The van der Waals surface area contributed by atoms with Gasteiger partial charge in [0.05, 0.1) is 6.61 Å². The lowest BCUT2D eigenvalue weighted by Crippen LogP contribution is -2.29. The molecule has 0 saturated carbocycles. The predicted molar refractivity (Wildman–Crippen MR) is 75.0 cm³/mol. The Kier molecular flexibility index (Phi) is 7.43. The van der Waals surface area contributed by atoms with Crippen LogP contribution in [-0.2, 0) is 6.42 Å². The SMILES string of the molecule is NC[C@@H](N)CCCc1ccc(OC[C@H](O)CO)cc1. The van der Waals surface area contributed by atoms with Crippen LogP contribution in [0.15, 0.2) is 24.3 Å². The van der Waals surface area contributed by atoms with Crippen LogP contribution in [0.3, 0.4) is 0 Å². The first-order valence-electron chi connectivity index (χ1n) is 6.62. The molecule has 0 amide bonds. The fourth-order valence-electron chi connectivity index (χ4n) is 1.68. The van der Waals surface area contributed by atoms with Crippen LogP contribution < -0.4 is 16.2 Å². The fraction of sp³-hybridized carbons (Fsp3) is 0.571. The number of benzene rings is 1. The van der Waals surface area contributed by atoms with E-state index in [1.165, 1.54) is 5.56 Å². The number of aliphatic hydroxyl groups excluding tert-OH is 2. The Morgan fingerprint density at radius 2 is 1.89 bits per heavy atom. The first-order chi connectivity index (χ1) is 9.15. The molecule has 6 N–H and O–H groups in total. The van der Waals surface area contributed by atoms with Crippen LogP contribution >= 0.6 is 0 Å². The molecular formula is C14H24N2O3. The molecule has 0 aliphatic heterocycles. The Hall–Kier alpha value is -1.14. The highest BCUT2D eigenvalue weighted by Gasteiger charge is 2.03. The molecule has 0 fully saturated rings. The van der Waals surface area contributed by atoms with E-state index in [9.17, 15) is 0 Å². The van der Waals surface area contributed by atoms with Crippen LogP contribution in [0.1, 0.15) is 18.4 Å². The zero-order chi connectivity index (χ0) is 14.1. The molecule has 0 aliphatic carbocycles. The summed E-state index contributed by atoms with van der Waals surface area (Å²) in [6.07, 6.45) is 2.07. The van der Waals surface area contributed by atoms with E-state index in [0.29, 0.717) is 12.3 Å². The van der Waals surface area contributed by atoms with Gasteiger partial charge in [0, 0.05) is 12.6 Å². The van der Waals surface area contributed by atoms with Crippen molar-refractivity contribution in [2.45, 2.75) is 31.4 Å². The maximum atomic E-state index is 9.17. The molecular weight excluding hydrogens is 244 g/mol. The van der Waals surface area contributed by atoms with Crippen LogP contribution in [0, 0.1) is 0 Å². The smallest absolute Gasteiger partial charge is 0.119 e. The van der Waals surface area contributed by atoms with Crippen LogP contribution in [0.4, 0.5) is 0 Å². The second kappa shape index (κ2) is 8.87. The highest BCUT2D eigenvalue weighted by Crippen LogP contribution is 2.14. The first-order valence-corrected chi connectivity index (χ1v) is 6.62. The van der Waals surface area contributed by atoms with Crippen molar-refractivity contribution in [2.75, 3.05) is 19.8 Å². The van der Waals surface area contributed by atoms with Gasteiger partial charge in [-0.25, -0.2) is 0 Å². The summed E-state index contributed by atoms with van der Waals surface area (Å²) in [6.45, 7) is 0.334. The van der Waals surface area contributed by atoms with Crippen LogP contribution in [0.5, 0.6) is 5.75 Å². The molecule has 1 rings (SSSR count). The van der Waals surface area contributed by atoms with E-state index in [1.54, 1.807) is 0 Å². The third-order valence-corrected chi connectivity index (χ3v) is 2.92. The van der Waals surface area contributed by atoms with Gasteiger partial charge < -0.3 is 26.4 Å². The van der Waals surface area contributed by atoms with Crippen LogP contribution in [0.25, 0.3) is 0 Å². The van der Waals surface area contributed by atoms with E-state index in [2.05, 4.69) is 0 Å². The molecule has 1 aromatic rings. The number of aliphatic hydroxyl groups is 2. The van der Waals surface area contributed by atoms with Crippen molar-refractivity contribution in [2.24, 2.45) is 11.5 Å². The monoisotopic (exact) mass is 268 g/mol. The van der Waals surface area contributed by atoms with Crippen molar-refractivity contribution in [1.82, 2.24) is 0 Å². The average molecular weight is 268 g/mol. The lowest BCUT2D eigenvalue weighted by atomic mass is 10.1. The number of aryl methyl sites for hydroxylation is 1. The second-order valence-corrected chi connectivity index (χ2v) is 4.68. The lowest BCUT2D eigenvalue weighted by molar-refractivity contribution is 0.0536. The largest absolute Gasteiger partial charge is 0.491 e. The van der Waals surface area contributed by atoms with Crippen molar-refractivity contribution in [3.63, 3.8) is 0 Å². The summed E-state index contributed by atoms with van der Waals surface area (Å²) in [5.74, 6) is 0.690. The second-order valence-electron chi connectivity index (χ2n) is 4.68. The van der Waals surface area contributed by atoms with Gasteiger partial charge in [0.1, 0.15) is 18.5 Å². The predicted octanol–water partition coefficient (Wildman–Crippen LogP) is 0.0273. The minimum atomic E-state index is -0.836. The van der Waals surface area contributed by atoms with Crippen molar-refractivity contribution in [3.05, 3.63) is 29.8 Å². The quantitative estimate of drug-likeness (QED) is 0.506. The Bertz CT molecular complexity index is 343. The third-order valence-electron chi connectivity index (χ3n) is 2.92. The minimum Gasteiger partial charge on any atom is -0.491 e. The Morgan fingerprint density at radius 1 is 1.21 bits per heavy atom. The van der Waals surface area contributed by atoms with Gasteiger partial charge in [0.15, 0.2) is 0 Å². The molecule has 0 unspecified atom stereocenters. The van der Waals surface area contributed by atoms with Crippen molar-refractivity contribution in [1.29, 1.82) is 0 Å². The number of nitrogens with two attached hydrogens (primary N) is 2. The van der Waals surface area contributed by atoms with E-state index in [0.717, 1.165) is 19.3 Å². The Morgan fingerprint density at radius 3 is 2.47 bits per heavy atom. The summed E-state index contributed by atoms with van der Waals surface area (Å²) in [7, 11) is 0. The van der Waals surface area contributed by atoms with E-state index < -0.39 is 6.10 Å².